The Morgan fingerprint density at radius 1 is 1.62 bits per heavy atom. The molecule has 2 rings (SSSR count). The summed E-state index contributed by atoms with van der Waals surface area (Å²) in [6.45, 7) is 4.40. The van der Waals surface area contributed by atoms with Gasteiger partial charge >= 0.3 is 0 Å². The van der Waals surface area contributed by atoms with Crippen LogP contribution in [0.5, 0.6) is 0 Å². The topological polar surface area (TPSA) is 53.7 Å². The van der Waals surface area contributed by atoms with E-state index in [-0.39, 0.29) is 18.6 Å². The maximum Gasteiger partial charge on any atom is 0.257 e. The van der Waals surface area contributed by atoms with E-state index >= 15 is 0 Å². The van der Waals surface area contributed by atoms with Crippen LogP contribution in [0.4, 0.5) is 0 Å². The molecule has 4 heteroatoms. The number of carbonyl (C=O) groups excluding carboxylic acids is 1. The van der Waals surface area contributed by atoms with Gasteiger partial charge in [-0.25, -0.2) is 0 Å². The van der Waals surface area contributed by atoms with Gasteiger partial charge in [-0.1, -0.05) is 0 Å². The normalized spacial score (nSPS) is 20.4. The monoisotopic (exact) mass is 223 g/mol. The lowest BCUT2D eigenvalue weighted by Gasteiger charge is -2.22. The maximum atomic E-state index is 12.2. The van der Waals surface area contributed by atoms with Crippen molar-refractivity contribution in [2.24, 2.45) is 0 Å². The van der Waals surface area contributed by atoms with E-state index in [0.29, 0.717) is 11.3 Å². The Balaban J connectivity index is 2.21. The van der Waals surface area contributed by atoms with Crippen molar-refractivity contribution in [1.82, 2.24) is 4.90 Å². The van der Waals surface area contributed by atoms with Crippen LogP contribution in [0.3, 0.4) is 0 Å². The predicted molar refractivity (Wildman–Crippen MR) is 59.3 cm³/mol. The second kappa shape index (κ2) is 4.29. The minimum Gasteiger partial charge on any atom is -0.466 e. The van der Waals surface area contributed by atoms with Crippen LogP contribution >= 0.6 is 0 Å². The number of carbonyl (C=O) groups is 1. The summed E-state index contributed by atoms with van der Waals surface area (Å²) in [7, 11) is 0. The second-order valence-corrected chi connectivity index (χ2v) is 4.30. The first-order valence-corrected chi connectivity index (χ1v) is 5.62. The van der Waals surface area contributed by atoms with Gasteiger partial charge in [0.25, 0.3) is 5.91 Å². The highest BCUT2D eigenvalue weighted by molar-refractivity contribution is 5.95. The van der Waals surface area contributed by atoms with E-state index in [1.807, 2.05) is 6.92 Å². The molecule has 1 amide bonds. The molecule has 1 atom stereocenters. The van der Waals surface area contributed by atoms with Crippen molar-refractivity contribution in [2.75, 3.05) is 13.2 Å². The van der Waals surface area contributed by atoms with Crippen LogP contribution in [0.25, 0.3) is 0 Å². The van der Waals surface area contributed by atoms with Gasteiger partial charge in [0.15, 0.2) is 0 Å². The third-order valence-electron chi connectivity index (χ3n) is 3.12. The van der Waals surface area contributed by atoms with Gasteiger partial charge in [-0.05, 0) is 32.8 Å². The molecule has 0 saturated carbocycles. The van der Waals surface area contributed by atoms with Crippen molar-refractivity contribution < 1.29 is 14.3 Å². The Morgan fingerprint density at radius 2 is 2.38 bits per heavy atom. The quantitative estimate of drug-likeness (QED) is 0.826. The van der Waals surface area contributed by atoms with Crippen LogP contribution in [0.1, 0.15) is 34.7 Å². The molecule has 0 aromatic carbocycles. The summed E-state index contributed by atoms with van der Waals surface area (Å²) in [5.74, 6) is 1.39. The third kappa shape index (κ3) is 1.85. The Bertz CT molecular complexity index is 397. The number of nitrogens with zero attached hydrogens (tertiary/aromatic N) is 1. The number of rotatable bonds is 2. The van der Waals surface area contributed by atoms with Gasteiger partial charge in [-0.15, -0.1) is 0 Å². The third-order valence-corrected chi connectivity index (χ3v) is 3.12. The molecule has 1 fully saturated rings. The number of likely N-dealkylation sites (tertiary alicyclic amines) is 1. The molecule has 1 aliphatic heterocycles. The van der Waals surface area contributed by atoms with Gasteiger partial charge in [-0.2, -0.15) is 0 Å². The average Bonchev–Trinajstić information content (AvgIpc) is 2.83. The average molecular weight is 223 g/mol. The van der Waals surface area contributed by atoms with Gasteiger partial charge in [0.1, 0.15) is 11.5 Å². The van der Waals surface area contributed by atoms with Crippen LogP contribution in [0.2, 0.25) is 0 Å². The SMILES string of the molecule is Cc1cc(C(=O)N2CCC[C@@H]2CO)c(C)o1. The fourth-order valence-electron chi connectivity index (χ4n) is 2.29. The molecule has 0 unspecified atom stereocenters. The molecule has 0 bridgehead atoms. The minimum absolute atomic E-state index is 0.0223. The zero-order chi connectivity index (χ0) is 11.7. The highest BCUT2D eigenvalue weighted by Crippen LogP contribution is 2.22. The molecule has 1 aliphatic rings. The molecular weight excluding hydrogens is 206 g/mol. The number of aliphatic hydroxyl groups excluding tert-OH is 1. The van der Waals surface area contributed by atoms with Crippen LogP contribution in [0, 0.1) is 13.8 Å². The first-order valence-electron chi connectivity index (χ1n) is 5.62. The summed E-state index contributed by atoms with van der Waals surface area (Å²) in [5, 5.41) is 9.19. The number of aliphatic hydroxyl groups is 1. The van der Waals surface area contributed by atoms with Crippen LogP contribution < -0.4 is 0 Å². The summed E-state index contributed by atoms with van der Waals surface area (Å²) in [6.07, 6.45) is 1.85. The standard InChI is InChI=1S/C12H17NO3/c1-8-6-11(9(2)16-8)12(15)13-5-3-4-10(13)7-14/h6,10,14H,3-5,7H2,1-2H3/t10-/m1/s1. The van der Waals surface area contributed by atoms with E-state index in [4.69, 9.17) is 4.42 Å². The molecule has 1 saturated heterocycles. The summed E-state index contributed by atoms with van der Waals surface area (Å²) in [6, 6.07) is 1.74. The van der Waals surface area contributed by atoms with Gasteiger partial charge in [-0.3, -0.25) is 4.79 Å². The lowest BCUT2D eigenvalue weighted by atomic mass is 10.2. The maximum absolute atomic E-state index is 12.2. The highest BCUT2D eigenvalue weighted by Gasteiger charge is 2.30. The number of hydrogen-bond donors (Lipinski definition) is 1. The van der Waals surface area contributed by atoms with Crippen LogP contribution in [-0.2, 0) is 0 Å². The zero-order valence-corrected chi connectivity index (χ0v) is 9.69. The Labute approximate surface area is 94.9 Å². The number of furan rings is 1. The summed E-state index contributed by atoms with van der Waals surface area (Å²) in [4.78, 5) is 14.0. The van der Waals surface area contributed by atoms with E-state index in [0.717, 1.165) is 25.1 Å². The molecule has 1 aromatic heterocycles. The van der Waals surface area contributed by atoms with Crippen molar-refractivity contribution >= 4 is 5.91 Å². The van der Waals surface area contributed by atoms with Gasteiger partial charge < -0.3 is 14.4 Å². The smallest absolute Gasteiger partial charge is 0.257 e. The fourth-order valence-corrected chi connectivity index (χ4v) is 2.29. The van der Waals surface area contributed by atoms with Gasteiger partial charge in [0.05, 0.1) is 18.2 Å². The number of aryl methyl sites for hydroxylation is 2. The van der Waals surface area contributed by atoms with E-state index in [1.54, 1.807) is 17.9 Å². The van der Waals surface area contributed by atoms with E-state index < -0.39 is 0 Å². The molecule has 88 valence electrons. The van der Waals surface area contributed by atoms with E-state index in [9.17, 15) is 9.90 Å². The Hall–Kier alpha value is -1.29. The van der Waals surface area contributed by atoms with Gasteiger partial charge in [0, 0.05) is 6.54 Å². The van der Waals surface area contributed by atoms with Crippen molar-refractivity contribution in [3.63, 3.8) is 0 Å². The first-order chi connectivity index (χ1) is 7.63. The minimum atomic E-state index is -0.0258. The molecule has 0 spiro atoms. The molecule has 2 heterocycles. The zero-order valence-electron chi connectivity index (χ0n) is 9.69. The lowest BCUT2D eigenvalue weighted by Crippen LogP contribution is -2.37. The molecule has 16 heavy (non-hydrogen) atoms. The van der Waals surface area contributed by atoms with Crippen LogP contribution in [-0.4, -0.2) is 35.1 Å². The van der Waals surface area contributed by atoms with E-state index in [1.165, 1.54) is 0 Å². The largest absolute Gasteiger partial charge is 0.466 e. The summed E-state index contributed by atoms with van der Waals surface area (Å²) < 4.78 is 5.35. The van der Waals surface area contributed by atoms with Gasteiger partial charge in [0.2, 0.25) is 0 Å². The Morgan fingerprint density at radius 3 is 2.94 bits per heavy atom. The molecule has 0 radical (unpaired) electrons. The summed E-state index contributed by atoms with van der Waals surface area (Å²) >= 11 is 0. The van der Waals surface area contributed by atoms with Crippen molar-refractivity contribution in [3.8, 4) is 0 Å². The summed E-state index contributed by atoms with van der Waals surface area (Å²) in [5.41, 5.74) is 0.623. The van der Waals surface area contributed by atoms with Crippen molar-refractivity contribution in [3.05, 3.63) is 23.2 Å². The lowest BCUT2D eigenvalue weighted by molar-refractivity contribution is 0.0676. The molecule has 0 aliphatic carbocycles. The Kier molecular flexibility index (Phi) is 3.01. The van der Waals surface area contributed by atoms with Crippen molar-refractivity contribution in [2.45, 2.75) is 32.7 Å². The predicted octanol–water partition coefficient (Wildman–Crippen LogP) is 1.49. The van der Waals surface area contributed by atoms with E-state index in [2.05, 4.69) is 0 Å². The molecular formula is C12H17NO3. The molecule has 1 N–H and O–H groups in total. The highest BCUT2D eigenvalue weighted by atomic mass is 16.3. The van der Waals surface area contributed by atoms with Crippen LogP contribution in [0.15, 0.2) is 10.5 Å². The van der Waals surface area contributed by atoms with Crippen molar-refractivity contribution in [1.29, 1.82) is 0 Å². The second-order valence-electron chi connectivity index (χ2n) is 4.30. The number of hydrogen-bond acceptors (Lipinski definition) is 3. The molecule has 4 nitrogen and oxygen atoms in total. The first kappa shape index (κ1) is 11.2. The number of amides is 1. The fraction of sp³-hybridized carbons (Fsp3) is 0.583. The molecule has 1 aromatic rings.